The molecule has 0 aliphatic heterocycles. The number of nitrogens with one attached hydrogen (secondary N) is 1. The average molecular weight is 299 g/mol. The lowest BCUT2D eigenvalue weighted by Gasteiger charge is -2.01. The first kappa shape index (κ1) is 15.2. The molecule has 0 aliphatic carbocycles. The van der Waals surface area contributed by atoms with E-state index < -0.39 is 11.0 Å². The molecule has 0 saturated heterocycles. The molecule has 0 radical (unpaired) electrons. The number of rotatable bonds is 5. The smallest absolute Gasteiger partial charge is 0.404 e. The fourth-order valence-electron chi connectivity index (χ4n) is 1.74. The highest BCUT2D eigenvalue weighted by Crippen LogP contribution is 2.12. The standard InChI is InChI=1S/C15H13N3O4/c19-15(20)16-10-12-6-4-11(5-7-12)8-9-13-2-1-3-14(17-13)18(21)22/h1-9,16H,10H2,(H,19,20). The molecule has 7 nitrogen and oxygen atoms in total. The Morgan fingerprint density at radius 2 is 1.95 bits per heavy atom. The van der Waals surface area contributed by atoms with Gasteiger partial charge in [0.1, 0.15) is 0 Å². The van der Waals surface area contributed by atoms with Crippen LogP contribution < -0.4 is 5.32 Å². The zero-order chi connectivity index (χ0) is 15.9. The number of amides is 1. The molecular formula is C15H13N3O4. The Balaban J connectivity index is 2.05. The molecule has 0 saturated carbocycles. The van der Waals surface area contributed by atoms with Crippen LogP contribution in [0.4, 0.5) is 10.6 Å². The highest BCUT2D eigenvalue weighted by Gasteiger charge is 2.06. The Morgan fingerprint density at radius 1 is 1.23 bits per heavy atom. The van der Waals surface area contributed by atoms with Crippen molar-refractivity contribution in [2.75, 3.05) is 0 Å². The van der Waals surface area contributed by atoms with Crippen LogP contribution in [0.5, 0.6) is 0 Å². The predicted molar refractivity (Wildman–Crippen MR) is 81.1 cm³/mol. The van der Waals surface area contributed by atoms with Crippen LogP contribution in [0.3, 0.4) is 0 Å². The summed E-state index contributed by atoms with van der Waals surface area (Å²) in [7, 11) is 0. The topological polar surface area (TPSA) is 105 Å². The van der Waals surface area contributed by atoms with E-state index in [0.29, 0.717) is 5.69 Å². The van der Waals surface area contributed by atoms with Gasteiger partial charge in [0.2, 0.25) is 0 Å². The van der Waals surface area contributed by atoms with E-state index >= 15 is 0 Å². The third-order valence-corrected chi connectivity index (χ3v) is 2.81. The summed E-state index contributed by atoms with van der Waals surface area (Å²) in [6.07, 6.45) is 2.39. The molecule has 0 unspecified atom stereocenters. The number of nitro groups is 1. The molecule has 1 heterocycles. The van der Waals surface area contributed by atoms with E-state index in [1.165, 1.54) is 6.07 Å². The number of benzene rings is 1. The highest BCUT2D eigenvalue weighted by molar-refractivity contribution is 5.68. The summed E-state index contributed by atoms with van der Waals surface area (Å²) in [5, 5.41) is 21.5. The number of pyridine rings is 1. The van der Waals surface area contributed by atoms with E-state index in [9.17, 15) is 14.9 Å². The molecule has 1 amide bonds. The summed E-state index contributed by atoms with van der Waals surface area (Å²) in [4.78, 5) is 24.4. The van der Waals surface area contributed by atoms with Crippen molar-refractivity contribution in [3.63, 3.8) is 0 Å². The van der Waals surface area contributed by atoms with Crippen molar-refractivity contribution < 1.29 is 14.8 Å². The van der Waals surface area contributed by atoms with Crippen molar-refractivity contribution >= 4 is 24.1 Å². The summed E-state index contributed by atoms with van der Waals surface area (Å²) in [5.74, 6) is -0.197. The summed E-state index contributed by atoms with van der Waals surface area (Å²) < 4.78 is 0. The fourth-order valence-corrected chi connectivity index (χ4v) is 1.74. The first-order valence-electron chi connectivity index (χ1n) is 6.40. The Hall–Kier alpha value is -3.22. The zero-order valence-corrected chi connectivity index (χ0v) is 11.5. The molecule has 0 fully saturated rings. The van der Waals surface area contributed by atoms with Crippen molar-refractivity contribution in [2.24, 2.45) is 0 Å². The second-order valence-electron chi connectivity index (χ2n) is 4.41. The largest absolute Gasteiger partial charge is 0.465 e. The van der Waals surface area contributed by atoms with Crippen LogP contribution in [0, 0.1) is 10.1 Å². The molecular weight excluding hydrogens is 286 g/mol. The molecule has 1 aromatic carbocycles. The van der Waals surface area contributed by atoms with E-state index in [0.717, 1.165) is 11.1 Å². The van der Waals surface area contributed by atoms with Crippen LogP contribution in [-0.2, 0) is 6.54 Å². The first-order valence-corrected chi connectivity index (χ1v) is 6.40. The van der Waals surface area contributed by atoms with E-state index in [4.69, 9.17) is 5.11 Å². The van der Waals surface area contributed by atoms with Gasteiger partial charge in [0.05, 0.1) is 0 Å². The van der Waals surface area contributed by atoms with Gasteiger partial charge in [-0.2, -0.15) is 0 Å². The average Bonchev–Trinajstić information content (AvgIpc) is 2.52. The Bertz CT molecular complexity index is 711. The minimum atomic E-state index is -1.07. The quantitative estimate of drug-likeness (QED) is 0.652. The van der Waals surface area contributed by atoms with E-state index in [1.807, 2.05) is 12.1 Å². The second-order valence-corrected chi connectivity index (χ2v) is 4.41. The number of carbonyl (C=O) groups is 1. The molecule has 0 spiro atoms. The Morgan fingerprint density at radius 3 is 2.59 bits per heavy atom. The van der Waals surface area contributed by atoms with Crippen LogP contribution in [-0.4, -0.2) is 21.1 Å². The van der Waals surface area contributed by atoms with Gasteiger partial charge < -0.3 is 20.5 Å². The van der Waals surface area contributed by atoms with E-state index in [2.05, 4.69) is 10.3 Å². The van der Waals surface area contributed by atoms with Gasteiger partial charge in [-0.15, -0.1) is 0 Å². The predicted octanol–water partition coefficient (Wildman–Crippen LogP) is 2.93. The maximum atomic E-state index is 10.6. The third-order valence-electron chi connectivity index (χ3n) is 2.81. The zero-order valence-electron chi connectivity index (χ0n) is 11.5. The van der Waals surface area contributed by atoms with Gasteiger partial charge in [0.25, 0.3) is 0 Å². The lowest BCUT2D eigenvalue weighted by Crippen LogP contribution is -2.19. The second kappa shape index (κ2) is 6.98. The lowest BCUT2D eigenvalue weighted by molar-refractivity contribution is -0.389. The van der Waals surface area contributed by atoms with Gasteiger partial charge in [-0.05, 0) is 39.2 Å². The Kier molecular flexibility index (Phi) is 4.81. The van der Waals surface area contributed by atoms with Crippen LogP contribution in [0.2, 0.25) is 0 Å². The third kappa shape index (κ3) is 4.41. The SMILES string of the molecule is O=C(O)NCc1ccc(C=Cc2cccc([N+](=O)[O-])n2)cc1. The van der Waals surface area contributed by atoms with Gasteiger partial charge in [-0.25, -0.2) is 4.79 Å². The lowest BCUT2D eigenvalue weighted by atomic mass is 10.1. The van der Waals surface area contributed by atoms with Gasteiger partial charge >= 0.3 is 11.9 Å². The Labute approximate surface area is 126 Å². The van der Waals surface area contributed by atoms with Crippen molar-refractivity contribution in [3.05, 3.63) is 69.4 Å². The summed E-state index contributed by atoms with van der Waals surface area (Å²) >= 11 is 0. The van der Waals surface area contributed by atoms with Crippen LogP contribution in [0.1, 0.15) is 16.8 Å². The minimum Gasteiger partial charge on any atom is -0.465 e. The van der Waals surface area contributed by atoms with Gasteiger partial charge in [-0.3, -0.25) is 0 Å². The summed E-state index contributed by atoms with van der Waals surface area (Å²) in [5.41, 5.74) is 2.21. The molecule has 112 valence electrons. The van der Waals surface area contributed by atoms with Crippen molar-refractivity contribution in [3.8, 4) is 0 Å². The normalized spacial score (nSPS) is 10.5. The number of hydrogen-bond donors (Lipinski definition) is 2. The monoisotopic (exact) mass is 299 g/mol. The first-order chi connectivity index (χ1) is 10.5. The van der Waals surface area contributed by atoms with E-state index in [-0.39, 0.29) is 12.4 Å². The summed E-state index contributed by atoms with van der Waals surface area (Å²) in [6.45, 7) is 0.242. The molecule has 2 N–H and O–H groups in total. The molecule has 0 atom stereocenters. The molecule has 2 rings (SSSR count). The maximum absolute atomic E-state index is 10.6. The number of carboxylic acid groups (broad SMARTS) is 1. The number of hydrogen-bond acceptors (Lipinski definition) is 4. The van der Waals surface area contributed by atoms with Crippen LogP contribution in [0.25, 0.3) is 12.2 Å². The van der Waals surface area contributed by atoms with Crippen molar-refractivity contribution in [1.29, 1.82) is 0 Å². The molecule has 22 heavy (non-hydrogen) atoms. The molecule has 0 aliphatic rings. The molecule has 0 bridgehead atoms. The molecule has 7 heteroatoms. The number of aromatic nitrogens is 1. The van der Waals surface area contributed by atoms with Crippen molar-refractivity contribution in [2.45, 2.75) is 6.54 Å². The van der Waals surface area contributed by atoms with Gasteiger partial charge in [0.15, 0.2) is 5.69 Å². The molecule has 2 aromatic rings. The van der Waals surface area contributed by atoms with Crippen LogP contribution >= 0.6 is 0 Å². The van der Waals surface area contributed by atoms with Gasteiger partial charge in [-0.1, -0.05) is 30.3 Å². The highest BCUT2D eigenvalue weighted by atomic mass is 16.6. The number of nitrogens with zero attached hydrogens (tertiary/aromatic N) is 2. The summed E-state index contributed by atoms with van der Waals surface area (Å²) in [6, 6.07) is 11.8. The minimum absolute atomic E-state index is 0.197. The maximum Gasteiger partial charge on any atom is 0.404 e. The van der Waals surface area contributed by atoms with E-state index in [1.54, 1.807) is 36.4 Å². The van der Waals surface area contributed by atoms with Gasteiger partial charge in [0, 0.05) is 12.6 Å². The molecule has 1 aromatic heterocycles. The van der Waals surface area contributed by atoms with Crippen LogP contribution in [0.15, 0.2) is 42.5 Å². The van der Waals surface area contributed by atoms with Crippen molar-refractivity contribution in [1.82, 2.24) is 10.3 Å². The fraction of sp³-hybridized carbons (Fsp3) is 0.0667.